The average Bonchev–Trinajstić information content (AvgIpc) is 3.33. The first-order valence-electron chi connectivity index (χ1n) is 8.91. The number of aromatic nitrogens is 7. The molecule has 3 aromatic heterocycles. The molecule has 0 aliphatic carbocycles. The molecule has 0 amide bonds. The second-order valence-corrected chi connectivity index (χ2v) is 7.57. The fourth-order valence-corrected chi connectivity index (χ4v) is 4.05. The maximum Gasteiger partial charge on any atom is 0.202 e. The van der Waals surface area contributed by atoms with E-state index in [1.165, 1.54) is 0 Å². The predicted octanol–water partition coefficient (Wildman–Crippen LogP) is 4.16. The van der Waals surface area contributed by atoms with Crippen LogP contribution in [0.1, 0.15) is 13.0 Å². The molecule has 29 heavy (non-hydrogen) atoms. The van der Waals surface area contributed by atoms with Crippen LogP contribution >= 0.6 is 23.2 Å². The number of nitrogens with zero attached hydrogens (tertiary/aromatic N) is 7. The summed E-state index contributed by atoms with van der Waals surface area (Å²) >= 11 is 12.4. The van der Waals surface area contributed by atoms with Crippen molar-refractivity contribution in [2.45, 2.75) is 19.5 Å². The summed E-state index contributed by atoms with van der Waals surface area (Å²) in [5.41, 5.74) is 1.45. The van der Waals surface area contributed by atoms with Crippen LogP contribution in [0, 0.1) is 0 Å². The van der Waals surface area contributed by atoms with E-state index >= 15 is 0 Å². The molecule has 0 spiro atoms. The maximum atomic E-state index is 6.41. The van der Waals surface area contributed by atoms with Gasteiger partial charge in [-0.1, -0.05) is 23.2 Å². The molecule has 4 aromatic rings. The third-order valence-electron chi connectivity index (χ3n) is 4.90. The summed E-state index contributed by atoms with van der Waals surface area (Å²) in [5, 5.41) is 18.6. The van der Waals surface area contributed by atoms with Crippen LogP contribution in [0.3, 0.4) is 0 Å². The maximum absolute atomic E-state index is 6.41. The first kappa shape index (κ1) is 18.1. The summed E-state index contributed by atoms with van der Waals surface area (Å²) in [6.07, 6.45) is 1.69. The first-order valence-corrected chi connectivity index (χ1v) is 9.66. The minimum absolute atomic E-state index is 0.0506. The Morgan fingerprint density at radius 2 is 1.72 bits per heavy atom. The molecule has 8 nitrogen and oxygen atoms in total. The molecular formula is C19H15Cl2N7O. The Balaban J connectivity index is 1.64. The van der Waals surface area contributed by atoms with Crippen LogP contribution in [0.4, 0.5) is 0 Å². The highest BCUT2D eigenvalue weighted by molar-refractivity contribution is 6.36. The number of fused-ring (bicyclic) bond motifs is 3. The standard InChI is InChI=1S/C19H15Cl2N7O/c1-10-9-27-17(15-8-12(29-2)5-6-22-15)24-25-18(27)19-26-23-16(28(10)19)13-4-3-11(20)7-14(13)21/h3-8,10H,9H2,1-2H3. The van der Waals surface area contributed by atoms with E-state index in [-0.39, 0.29) is 6.04 Å². The van der Waals surface area contributed by atoms with Crippen LogP contribution in [0.25, 0.3) is 34.6 Å². The highest BCUT2D eigenvalue weighted by Crippen LogP contribution is 2.37. The van der Waals surface area contributed by atoms with Crippen LogP contribution in [0.15, 0.2) is 36.5 Å². The molecule has 1 unspecified atom stereocenters. The molecule has 4 heterocycles. The number of pyridine rings is 1. The van der Waals surface area contributed by atoms with E-state index in [0.29, 0.717) is 51.3 Å². The van der Waals surface area contributed by atoms with Gasteiger partial charge in [-0.2, -0.15) is 0 Å². The molecule has 1 aliphatic rings. The van der Waals surface area contributed by atoms with Gasteiger partial charge in [-0.15, -0.1) is 20.4 Å². The van der Waals surface area contributed by atoms with Crippen molar-refractivity contribution in [1.29, 1.82) is 0 Å². The quantitative estimate of drug-likeness (QED) is 0.488. The van der Waals surface area contributed by atoms with Crippen molar-refractivity contribution in [1.82, 2.24) is 34.5 Å². The van der Waals surface area contributed by atoms with E-state index in [4.69, 9.17) is 27.9 Å². The lowest BCUT2D eigenvalue weighted by molar-refractivity contribution is 0.414. The lowest BCUT2D eigenvalue weighted by Gasteiger charge is -2.24. The summed E-state index contributed by atoms with van der Waals surface area (Å²) < 4.78 is 9.33. The van der Waals surface area contributed by atoms with Crippen molar-refractivity contribution in [2.24, 2.45) is 0 Å². The smallest absolute Gasteiger partial charge is 0.202 e. The van der Waals surface area contributed by atoms with Gasteiger partial charge in [-0.25, -0.2) is 0 Å². The van der Waals surface area contributed by atoms with E-state index in [9.17, 15) is 0 Å². The monoisotopic (exact) mass is 427 g/mol. The number of hydrogen-bond acceptors (Lipinski definition) is 6. The van der Waals surface area contributed by atoms with Crippen molar-refractivity contribution in [3.05, 3.63) is 46.6 Å². The van der Waals surface area contributed by atoms with Crippen LogP contribution < -0.4 is 4.74 Å². The number of ether oxygens (including phenoxy) is 1. The van der Waals surface area contributed by atoms with E-state index in [1.807, 2.05) is 21.3 Å². The van der Waals surface area contributed by atoms with Crippen LogP contribution in [0.5, 0.6) is 5.75 Å². The van der Waals surface area contributed by atoms with Gasteiger partial charge in [0.25, 0.3) is 0 Å². The Morgan fingerprint density at radius 3 is 2.52 bits per heavy atom. The van der Waals surface area contributed by atoms with Crippen molar-refractivity contribution in [3.63, 3.8) is 0 Å². The summed E-state index contributed by atoms with van der Waals surface area (Å²) in [6, 6.07) is 9.00. The topological polar surface area (TPSA) is 83.5 Å². The summed E-state index contributed by atoms with van der Waals surface area (Å²) in [4.78, 5) is 4.42. The zero-order valence-electron chi connectivity index (χ0n) is 15.5. The molecule has 1 aliphatic heterocycles. The Labute approximate surface area is 176 Å². The summed E-state index contributed by atoms with van der Waals surface area (Å²) in [5.74, 6) is 3.30. The van der Waals surface area contributed by atoms with Crippen molar-refractivity contribution < 1.29 is 4.74 Å². The Morgan fingerprint density at radius 1 is 0.966 bits per heavy atom. The minimum Gasteiger partial charge on any atom is -0.497 e. The zero-order valence-corrected chi connectivity index (χ0v) is 17.1. The average molecular weight is 428 g/mol. The fraction of sp³-hybridized carbons (Fsp3) is 0.211. The molecule has 0 fully saturated rings. The fourth-order valence-electron chi connectivity index (χ4n) is 3.55. The molecule has 0 N–H and O–H groups in total. The molecule has 1 aromatic carbocycles. The van der Waals surface area contributed by atoms with E-state index in [0.717, 1.165) is 5.56 Å². The second kappa shape index (κ2) is 6.82. The summed E-state index contributed by atoms with van der Waals surface area (Å²) in [6.45, 7) is 2.73. The van der Waals surface area contributed by atoms with Gasteiger partial charge in [0.2, 0.25) is 11.6 Å². The first-order chi connectivity index (χ1) is 14.1. The van der Waals surface area contributed by atoms with Gasteiger partial charge < -0.3 is 9.30 Å². The molecule has 0 bridgehead atoms. The molecule has 10 heteroatoms. The number of hydrogen-bond donors (Lipinski definition) is 0. The van der Waals surface area contributed by atoms with E-state index < -0.39 is 0 Å². The van der Waals surface area contributed by atoms with E-state index in [1.54, 1.807) is 31.5 Å². The van der Waals surface area contributed by atoms with Crippen LogP contribution in [-0.2, 0) is 6.54 Å². The highest BCUT2D eigenvalue weighted by atomic mass is 35.5. The largest absolute Gasteiger partial charge is 0.497 e. The molecule has 146 valence electrons. The van der Waals surface area contributed by atoms with Crippen LogP contribution in [0.2, 0.25) is 10.0 Å². The van der Waals surface area contributed by atoms with Gasteiger partial charge in [0, 0.05) is 29.4 Å². The van der Waals surface area contributed by atoms with Gasteiger partial charge in [-0.3, -0.25) is 9.55 Å². The predicted molar refractivity (Wildman–Crippen MR) is 109 cm³/mol. The van der Waals surface area contributed by atoms with E-state index in [2.05, 4.69) is 32.3 Å². The Kier molecular flexibility index (Phi) is 4.25. The number of rotatable bonds is 3. The molecule has 0 saturated carbocycles. The van der Waals surface area contributed by atoms with Crippen molar-refractivity contribution in [3.8, 4) is 40.3 Å². The lowest BCUT2D eigenvalue weighted by atomic mass is 10.1. The lowest BCUT2D eigenvalue weighted by Crippen LogP contribution is -2.22. The number of halogens is 2. The third-order valence-corrected chi connectivity index (χ3v) is 5.45. The molecule has 0 saturated heterocycles. The third kappa shape index (κ3) is 2.87. The SMILES string of the molecule is COc1ccnc(-c2nnc3n2CC(C)n2c(-c4ccc(Cl)cc4Cl)nnc2-3)c1. The van der Waals surface area contributed by atoms with Crippen LogP contribution in [-0.4, -0.2) is 41.6 Å². The Bertz CT molecular complexity index is 1230. The normalized spacial score (nSPS) is 15.1. The van der Waals surface area contributed by atoms with Gasteiger partial charge in [0.05, 0.1) is 18.2 Å². The van der Waals surface area contributed by atoms with Gasteiger partial charge in [-0.05, 0) is 31.2 Å². The van der Waals surface area contributed by atoms with Crippen molar-refractivity contribution in [2.75, 3.05) is 7.11 Å². The molecule has 0 radical (unpaired) electrons. The Hall–Kier alpha value is -2.97. The number of methoxy groups -OCH3 is 1. The van der Waals surface area contributed by atoms with Gasteiger partial charge in [0.15, 0.2) is 11.6 Å². The number of benzene rings is 1. The molecule has 5 rings (SSSR count). The molecule has 1 atom stereocenters. The minimum atomic E-state index is 0.0506. The van der Waals surface area contributed by atoms with Gasteiger partial charge in [0.1, 0.15) is 11.4 Å². The van der Waals surface area contributed by atoms with Crippen molar-refractivity contribution >= 4 is 23.2 Å². The second-order valence-electron chi connectivity index (χ2n) is 6.73. The zero-order chi connectivity index (χ0) is 20.1. The highest BCUT2D eigenvalue weighted by Gasteiger charge is 2.31. The molecular weight excluding hydrogens is 413 g/mol. The van der Waals surface area contributed by atoms with Gasteiger partial charge >= 0.3 is 0 Å². The summed E-state index contributed by atoms with van der Waals surface area (Å²) in [7, 11) is 1.62.